The van der Waals surface area contributed by atoms with Gasteiger partial charge in [-0.25, -0.2) is 4.79 Å². The fraction of sp³-hybridized carbons (Fsp3) is 0.444. The van der Waals surface area contributed by atoms with Crippen molar-refractivity contribution in [3.8, 4) is 0 Å². The van der Waals surface area contributed by atoms with Crippen LogP contribution in [0.25, 0.3) is 0 Å². The van der Waals surface area contributed by atoms with Crippen LogP contribution in [0.4, 0.5) is 4.79 Å². The summed E-state index contributed by atoms with van der Waals surface area (Å²) in [6.07, 6.45) is 0.310. The van der Waals surface area contributed by atoms with Gasteiger partial charge in [0.1, 0.15) is 19.2 Å². The number of carbonyl (C=O) groups excluding carboxylic acids is 4. The lowest BCUT2D eigenvalue weighted by Gasteiger charge is -2.17. The Balaban J connectivity index is 2.41. The molecule has 1 aromatic rings. The molecule has 3 N–H and O–H groups in total. The number of nitrogens with one attached hydrogen (secondary N) is 3. The van der Waals surface area contributed by atoms with Crippen LogP contribution < -0.4 is 16.0 Å². The van der Waals surface area contributed by atoms with Gasteiger partial charge in [0.15, 0.2) is 0 Å². The van der Waals surface area contributed by atoms with Crippen LogP contribution >= 0.6 is 0 Å². The predicted molar refractivity (Wildman–Crippen MR) is 96.5 cm³/mol. The molecular formula is C18H25N3O6. The number of alkyl carbamates (subject to hydrolysis) is 1. The Morgan fingerprint density at radius 3 is 2.37 bits per heavy atom. The summed E-state index contributed by atoms with van der Waals surface area (Å²) < 4.78 is 9.49. The van der Waals surface area contributed by atoms with Gasteiger partial charge < -0.3 is 25.4 Å². The number of esters is 1. The lowest BCUT2D eigenvalue weighted by atomic mass is 10.1. The highest BCUT2D eigenvalue weighted by molar-refractivity contribution is 5.90. The molecule has 1 aromatic carbocycles. The Morgan fingerprint density at radius 2 is 1.74 bits per heavy atom. The Hall–Kier alpha value is -3.10. The van der Waals surface area contributed by atoms with Gasteiger partial charge in [0, 0.05) is 0 Å². The van der Waals surface area contributed by atoms with E-state index in [4.69, 9.17) is 4.74 Å². The molecule has 0 fully saturated rings. The maximum absolute atomic E-state index is 12.2. The summed E-state index contributed by atoms with van der Waals surface area (Å²) in [6.45, 7) is 1.34. The molecule has 0 aliphatic carbocycles. The zero-order valence-electron chi connectivity index (χ0n) is 15.4. The minimum Gasteiger partial charge on any atom is -0.468 e. The van der Waals surface area contributed by atoms with E-state index in [1.807, 2.05) is 37.3 Å². The fourth-order valence-corrected chi connectivity index (χ4v) is 2.06. The summed E-state index contributed by atoms with van der Waals surface area (Å²) in [5.74, 6) is -1.65. The van der Waals surface area contributed by atoms with E-state index in [2.05, 4.69) is 20.7 Å². The van der Waals surface area contributed by atoms with Crippen molar-refractivity contribution < 1.29 is 28.7 Å². The first kappa shape index (κ1) is 21.9. The Morgan fingerprint density at radius 1 is 1.04 bits per heavy atom. The van der Waals surface area contributed by atoms with Crippen molar-refractivity contribution in [2.24, 2.45) is 0 Å². The molecular weight excluding hydrogens is 354 g/mol. The van der Waals surface area contributed by atoms with Crippen molar-refractivity contribution in [1.29, 1.82) is 0 Å². The number of rotatable bonds is 10. The first-order valence-electron chi connectivity index (χ1n) is 8.54. The summed E-state index contributed by atoms with van der Waals surface area (Å²) in [4.78, 5) is 46.6. The average molecular weight is 379 g/mol. The van der Waals surface area contributed by atoms with Gasteiger partial charge in [-0.3, -0.25) is 14.4 Å². The molecule has 0 saturated heterocycles. The van der Waals surface area contributed by atoms with Crippen LogP contribution in [-0.4, -0.2) is 50.1 Å². The molecule has 1 rings (SSSR count). The molecule has 9 heteroatoms. The van der Waals surface area contributed by atoms with Crippen LogP contribution in [0.3, 0.4) is 0 Å². The molecule has 0 aliphatic heterocycles. The van der Waals surface area contributed by atoms with E-state index in [9.17, 15) is 19.2 Å². The maximum atomic E-state index is 12.2. The maximum Gasteiger partial charge on any atom is 0.408 e. The van der Waals surface area contributed by atoms with Crippen molar-refractivity contribution in [3.05, 3.63) is 35.9 Å². The Labute approximate surface area is 157 Å². The van der Waals surface area contributed by atoms with Crippen molar-refractivity contribution in [2.45, 2.75) is 32.4 Å². The van der Waals surface area contributed by atoms with E-state index in [1.165, 1.54) is 7.11 Å². The Bertz CT molecular complexity index is 635. The van der Waals surface area contributed by atoms with Crippen LogP contribution in [0, 0.1) is 0 Å². The molecule has 27 heavy (non-hydrogen) atoms. The first-order valence-corrected chi connectivity index (χ1v) is 8.54. The monoisotopic (exact) mass is 379 g/mol. The van der Waals surface area contributed by atoms with E-state index in [0.717, 1.165) is 5.56 Å². The van der Waals surface area contributed by atoms with Crippen LogP contribution in [0.15, 0.2) is 30.3 Å². The molecule has 0 spiro atoms. The lowest BCUT2D eigenvalue weighted by molar-refractivity contribution is -0.141. The van der Waals surface area contributed by atoms with Gasteiger partial charge in [-0.2, -0.15) is 0 Å². The van der Waals surface area contributed by atoms with Crippen molar-refractivity contribution in [3.63, 3.8) is 0 Å². The van der Waals surface area contributed by atoms with E-state index in [0.29, 0.717) is 12.8 Å². The van der Waals surface area contributed by atoms with E-state index in [1.54, 1.807) is 0 Å². The minimum atomic E-state index is -0.827. The van der Waals surface area contributed by atoms with Crippen LogP contribution in [0.1, 0.15) is 25.3 Å². The van der Waals surface area contributed by atoms with Gasteiger partial charge in [-0.1, -0.05) is 43.7 Å². The second-order valence-electron chi connectivity index (χ2n) is 5.62. The molecule has 0 heterocycles. The number of methoxy groups -OCH3 is 1. The highest BCUT2D eigenvalue weighted by Gasteiger charge is 2.21. The fourth-order valence-electron chi connectivity index (χ4n) is 2.06. The third kappa shape index (κ3) is 9.24. The second kappa shape index (κ2) is 12.3. The number of carbonyl (C=O) groups is 4. The third-order valence-electron chi connectivity index (χ3n) is 3.48. The van der Waals surface area contributed by atoms with E-state index >= 15 is 0 Å². The minimum absolute atomic E-state index is 0.0864. The SMILES string of the molecule is CCC[C@@H](NC(=O)OCc1ccccc1)C(=O)NCC(=O)NCC(=O)OC. The quantitative estimate of drug-likeness (QED) is 0.509. The molecule has 3 amide bonds. The van der Waals surface area contributed by atoms with Crippen molar-refractivity contribution in [1.82, 2.24) is 16.0 Å². The van der Waals surface area contributed by atoms with Crippen LogP contribution in [0.5, 0.6) is 0 Å². The topological polar surface area (TPSA) is 123 Å². The molecule has 0 bridgehead atoms. The van der Waals surface area contributed by atoms with Gasteiger partial charge in [0.25, 0.3) is 0 Å². The molecule has 148 valence electrons. The highest BCUT2D eigenvalue weighted by atomic mass is 16.5. The number of ether oxygens (including phenoxy) is 2. The Kier molecular flexibility index (Phi) is 9.98. The summed E-state index contributed by atoms with van der Waals surface area (Å²) >= 11 is 0. The summed E-state index contributed by atoms with van der Waals surface area (Å²) in [5, 5.41) is 7.21. The highest BCUT2D eigenvalue weighted by Crippen LogP contribution is 2.02. The molecule has 1 atom stereocenters. The number of benzene rings is 1. The summed E-state index contributed by atoms with van der Waals surface area (Å²) in [6, 6.07) is 8.32. The third-order valence-corrected chi connectivity index (χ3v) is 3.48. The molecule has 0 aromatic heterocycles. The molecule has 0 radical (unpaired) electrons. The number of amides is 3. The van der Waals surface area contributed by atoms with Gasteiger partial charge >= 0.3 is 12.1 Å². The standard InChI is InChI=1S/C18H25N3O6/c1-3-7-14(17(24)20-10-15(22)19-11-16(23)26-2)21-18(25)27-12-13-8-5-4-6-9-13/h4-6,8-9,14H,3,7,10-12H2,1-2H3,(H,19,22)(H,20,24)(H,21,25)/t14-/m1/s1. The smallest absolute Gasteiger partial charge is 0.408 e. The van der Waals surface area contributed by atoms with Crippen molar-refractivity contribution in [2.75, 3.05) is 20.2 Å². The summed E-state index contributed by atoms with van der Waals surface area (Å²) in [5.41, 5.74) is 0.825. The zero-order valence-corrected chi connectivity index (χ0v) is 15.4. The normalized spacial score (nSPS) is 11.0. The summed E-state index contributed by atoms with van der Waals surface area (Å²) in [7, 11) is 1.20. The molecule has 9 nitrogen and oxygen atoms in total. The van der Waals surface area contributed by atoms with Gasteiger partial charge in [-0.15, -0.1) is 0 Å². The predicted octanol–water partition coefficient (Wildman–Crippen LogP) is 0.487. The molecule has 0 aliphatic rings. The lowest BCUT2D eigenvalue weighted by Crippen LogP contribution is -2.49. The van der Waals surface area contributed by atoms with Crippen LogP contribution in [0.2, 0.25) is 0 Å². The first-order chi connectivity index (χ1) is 13.0. The van der Waals surface area contributed by atoms with Gasteiger partial charge in [-0.05, 0) is 12.0 Å². The zero-order chi connectivity index (χ0) is 20.1. The van der Waals surface area contributed by atoms with E-state index < -0.39 is 29.9 Å². The van der Waals surface area contributed by atoms with Gasteiger partial charge in [0.2, 0.25) is 11.8 Å². The average Bonchev–Trinajstić information content (AvgIpc) is 2.69. The second-order valence-corrected chi connectivity index (χ2v) is 5.62. The number of hydrogen-bond donors (Lipinski definition) is 3. The van der Waals surface area contributed by atoms with E-state index in [-0.39, 0.29) is 19.7 Å². The van der Waals surface area contributed by atoms with Crippen LogP contribution in [-0.2, 0) is 30.5 Å². The number of hydrogen-bond acceptors (Lipinski definition) is 6. The molecule has 0 unspecified atom stereocenters. The van der Waals surface area contributed by atoms with Crippen molar-refractivity contribution >= 4 is 23.9 Å². The largest absolute Gasteiger partial charge is 0.468 e. The van der Waals surface area contributed by atoms with Gasteiger partial charge in [0.05, 0.1) is 13.7 Å². The molecule has 0 saturated carbocycles.